The molecule has 146 valence electrons. The molecule has 7 nitrogen and oxygen atoms in total. The van der Waals surface area contributed by atoms with Gasteiger partial charge >= 0.3 is 5.97 Å². The Balaban J connectivity index is 1.91. The van der Waals surface area contributed by atoms with E-state index in [9.17, 15) is 9.59 Å². The van der Waals surface area contributed by atoms with Crippen molar-refractivity contribution in [1.82, 2.24) is 19.2 Å². The van der Waals surface area contributed by atoms with Gasteiger partial charge in [-0.1, -0.05) is 49.9 Å². The first-order chi connectivity index (χ1) is 13.3. The molecule has 0 amide bonds. The lowest BCUT2D eigenvalue weighted by atomic mass is 9.72. The molecule has 0 unspecified atom stereocenters. The van der Waals surface area contributed by atoms with Gasteiger partial charge in [-0.15, -0.1) is 5.10 Å². The summed E-state index contributed by atoms with van der Waals surface area (Å²) in [6.07, 6.45) is 0.769. The van der Waals surface area contributed by atoms with Crippen LogP contribution in [0.5, 0.6) is 0 Å². The number of esters is 1. The Kier molecular flexibility index (Phi) is 4.53. The van der Waals surface area contributed by atoms with Crippen LogP contribution in [0.3, 0.4) is 0 Å². The van der Waals surface area contributed by atoms with Crippen LogP contribution in [0.4, 0.5) is 0 Å². The van der Waals surface area contributed by atoms with Crippen LogP contribution in [-0.4, -0.2) is 37.5 Å². The quantitative estimate of drug-likeness (QED) is 0.497. The van der Waals surface area contributed by atoms with Crippen molar-refractivity contribution in [2.75, 3.05) is 12.4 Å². The van der Waals surface area contributed by atoms with Crippen LogP contribution >= 0.6 is 11.8 Å². The number of benzene rings is 1. The van der Waals surface area contributed by atoms with Crippen molar-refractivity contribution in [3.8, 4) is 11.3 Å². The number of nitrogens with zero attached hydrogens (tertiary/aromatic N) is 4. The van der Waals surface area contributed by atoms with Gasteiger partial charge in [-0.3, -0.25) is 9.59 Å². The average Bonchev–Trinajstić information content (AvgIpc) is 2.96. The number of carbonyl (C=O) groups excluding carboxylic acids is 1. The largest absolute Gasteiger partial charge is 0.465 e. The third kappa shape index (κ3) is 2.92. The Bertz CT molecular complexity index is 1150. The van der Waals surface area contributed by atoms with E-state index in [1.165, 1.54) is 21.7 Å². The molecule has 3 aromatic rings. The maximum absolute atomic E-state index is 13.5. The zero-order valence-electron chi connectivity index (χ0n) is 16.4. The van der Waals surface area contributed by atoms with E-state index in [1.54, 1.807) is 18.7 Å². The molecule has 4 rings (SSSR count). The predicted octanol–water partition coefficient (Wildman–Crippen LogP) is 2.58. The normalized spacial score (nSPS) is 14.6. The molecule has 0 saturated heterocycles. The molecular formula is C20H22N4O3S. The fourth-order valence-corrected chi connectivity index (χ4v) is 4.62. The highest BCUT2D eigenvalue weighted by Crippen LogP contribution is 2.40. The number of hydrogen-bond acceptors (Lipinski definition) is 6. The fraction of sp³-hybridized carbons (Fsp3) is 0.400. The van der Waals surface area contributed by atoms with Gasteiger partial charge in [0.1, 0.15) is 0 Å². The molecule has 0 N–H and O–H groups in total. The van der Waals surface area contributed by atoms with Gasteiger partial charge in [-0.25, -0.2) is 14.1 Å². The van der Waals surface area contributed by atoms with E-state index >= 15 is 0 Å². The minimum atomic E-state index is -0.353. The molecule has 0 radical (unpaired) electrons. The molecule has 8 heteroatoms. The molecule has 28 heavy (non-hydrogen) atoms. The van der Waals surface area contributed by atoms with Crippen molar-refractivity contribution < 1.29 is 9.53 Å². The van der Waals surface area contributed by atoms with Gasteiger partial charge in [0.05, 0.1) is 23.6 Å². The van der Waals surface area contributed by atoms with Gasteiger partial charge in [0, 0.05) is 18.0 Å². The lowest BCUT2D eigenvalue weighted by Crippen LogP contribution is -2.36. The first-order valence-corrected chi connectivity index (χ1v) is 10.2. The molecule has 1 aliphatic carbocycles. The number of ether oxygens (including phenoxy) is 1. The van der Waals surface area contributed by atoms with E-state index in [0.29, 0.717) is 23.1 Å². The van der Waals surface area contributed by atoms with Crippen LogP contribution in [0, 0.1) is 0 Å². The minimum absolute atomic E-state index is 0.0930. The Morgan fingerprint density at radius 2 is 2.07 bits per heavy atom. The molecule has 0 saturated carbocycles. The maximum atomic E-state index is 13.5. The summed E-state index contributed by atoms with van der Waals surface area (Å²) >= 11 is 1.19. The van der Waals surface area contributed by atoms with Crippen molar-refractivity contribution in [2.24, 2.45) is 7.05 Å². The minimum Gasteiger partial charge on any atom is -0.465 e. The van der Waals surface area contributed by atoms with Gasteiger partial charge in [0.25, 0.3) is 5.56 Å². The molecule has 0 fully saturated rings. The highest BCUT2D eigenvalue weighted by Gasteiger charge is 2.36. The average molecular weight is 398 g/mol. The van der Waals surface area contributed by atoms with E-state index in [1.807, 2.05) is 18.2 Å². The number of rotatable bonds is 4. The molecule has 0 spiro atoms. The van der Waals surface area contributed by atoms with Crippen molar-refractivity contribution in [3.05, 3.63) is 45.7 Å². The standard InChI is InChI=1S/C20H22N4O3S/c1-5-27-14(25)11-28-19-22-23(4)18-21-16-13-9-7-6-8-12(13)10-20(2,3)15(16)17(26)24(18)19/h6-9H,5,10-11H2,1-4H3. The summed E-state index contributed by atoms with van der Waals surface area (Å²) in [5.41, 5.74) is 3.12. The van der Waals surface area contributed by atoms with Gasteiger partial charge in [-0.05, 0) is 18.9 Å². The highest BCUT2D eigenvalue weighted by molar-refractivity contribution is 7.99. The molecule has 0 atom stereocenters. The number of thioether (sulfide) groups is 1. The molecule has 0 aliphatic heterocycles. The van der Waals surface area contributed by atoms with Crippen LogP contribution in [-0.2, 0) is 28.4 Å². The second kappa shape index (κ2) is 6.77. The number of hydrogen-bond donors (Lipinski definition) is 0. The molecule has 2 aromatic heterocycles. The number of aromatic nitrogens is 4. The van der Waals surface area contributed by atoms with Crippen LogP contribution in [0.25, 0.3) is 17.0 Å². The van der Waals surface area contributed by atoms with Crippen molar-refractivity contribution >= 4 is 23.5 Å². The van der Waals surface area contributed by atoms with Crippen LogP contribution < -0.4 is 5.56 Å². The van der Waals surface area contributed by atoms with Crippen molar-refractivity contribution in [1.29, 1.82) is 0 Å². The topological polar surface area (TPSA) is 78.5 Å². The lowest BCUT2D eigenvalue weighted by Gasteiger charge is -2.32. The van der Waals surface area contributed by atoms with Gasteiger partial charge in [0.15, 0.2) is 5.16 Å². The monoisotopic (exact) mass is 398 g/mol. The van der Waals surface area contributed by atoms with Gasteiger partial charge in [-0.2, -0.15) is 0 Å². The summed E-state index contributed by atoms with van der Waals surface area (Å²) in [5.74, 6) is 0.220. The third-order valence-corrected chi connectivity index (χ3v) is 5.89. The first kappa shape index (κ1) is 18.7. The van der Waals surface area contributed by atoms with E-state index in [2.05, 4.69) is 25.0 Å². The maximum Gasteiger partial charge on any atom is 0.316 e. The Morgan fingerprint density at radius 1 is 1.32 bits per heavy atom. The zero-order valence-corrected chi connectivity index (χ0v) is 17.2. The van der Waals surface area contributed by atoms with E-state index in [-0.39, 0.29) is 22.7 Å². The first-order valence-electron chi connectivity index (χ1n) is 9.20. The second-order valence-electron chi connectivity index (χ2n) is 7.49. The van der Waals surface area contributed by atoms with Crippen molar-refractivity contribution in [3.63, 3.8) is 0 Å². The smallest absolute Gasteiger partial charge is 0.316 e. The zero-order chi connectivity index (χ0) is 20.1. The second-order valence-corrected chi connectivity index (χ2v) is 8.44. The summed E-state index contributed by atoms with van der Waals surface area (Å²) in [4.78, 5) is 30.1. The molecule has 1 aliphatic rings. The number of aryl methyl sites for hydroxylation is 1. The number of carbonyl (C=O) groups is 1. The highest BCUT2D eigenvalue weighted by atomic mass is 32.2. The van der Waals surface area contributed by atoms with Crippen LogP contribution in [0.2, 0.25) is 0 Å². The van der Waals surface area contributed by atoms with E-state index < -0.39 is 0 Å². The molecular weight excluding hydrogens is 376 g/mol. The summed E-state index contributed by atoms with van der Waals surface area (Å²) in [6.45, 7) is 6.22. The van der Waals surface area contributed by atoms with Gasteiger partial charge in [0.2, 0.25) is 5.78 Å². The van der Waals surface area contributed by atoms with Gasteiger partial charge < -0.3 is 4.74 Å². The van der Waals surface area contributed by atoms with Crippen molar-refractivity contribution in [2.45, 2.75) is 37.8 Å². The molecule has 1 aromatic carbocycles. The Labute approximate surface area is 166 Å². The molecule has 2 heterocycles. The lowest BCUT2D eigenvalue weighted by molar-refractivity contribution is -0.139. The molecule has 0 bridgehead atoms. The van der Waals surface area contributed by atoms with Crippen LogP contribution in [0.1, 0.15) is 31.9 Å². The van der Waals surface area contributed by atoms with E-state index in [0.717, 1.165) is 17.7 Å². The summed E-state index contributed by atoms with van der Waals surface area (Å²) in [5, 5.41) is 4.87. The third-order valence-electron chi connectivity index (χ3n) is 4.99. The predicted molar refractivity (Wildman–Crippen MR) is 108 cm³/mol. The summed E-state index contributed by atoms with van der Waals surface area (Å²) in [6, 6.07) is 8.08. The Hall–Kier alpha value is -2.61. The van der Waals surface area contributed by atoms with E-state index in [4.69, 9.17) is 9.72 Å². The summed E-state index contributed by atoms with van der Waals surface area (Å²) < 4.78 is 8.07. The SMILES string of the molecule is CCOC(=O)CSc1nn(C)c2nc3c(c(=O)n12)C(C)(C)Cc1ccccc1-3. The van der Waals surface area contributed by atoms with Crippen LogP contribution in [0.15, 0.2) is 34.2 Å². The Morgan fingerprint density at radius 3 is 2.82 bits per heavy atom. The number of fused-ring (bicyclic) bond motifs is 4. The fourth-order valence-electron chi connectivity index (χ4n) is 3.81. The summed E-state index contributed by atoms with van der Waals surface area (Å²) in [7, 11) is 1.75.